The number of hydrogen-bond acceptors (Lipinski definition) is 4. The van der Waals surface area contributed by atoms with Crippen LogP contribution in [0.1, 0.15) is 10.4 Å². The number of carbonyl (C=O) groups excluding carboxylic acids is 1. The van der Waals surface area contributed by atoms with Crippen molar-refractivity contribution in [1.82, 2.24) is 4.31 Å². The van der Waals surface area contributed by atoms with Gasteiger partial charge < -0.3 is 5.32 Å². The number of thioether (sulfide) groups is 1. The smallest absolute Gasteiger partial charge is 0.255 e. The molecule has 0 aliphatic carbocycles. The number of sulfonamides is 1. The molecule has 24 heavy (non-hydrogen) atoms. The molecule has 3 rings (SSSR count). The fourth-order valence-electron chi connectivity index (χ4n) is 2.44. The molecule has 1 aliphatic rings. The zero-order valence-corrected chi connectivity index (χ0v) is 14.6. The van der Waals surface area contributed by atoms with Gasteiger partial charge in [-0.2, -0.15) is 16.1 Å². The number of nitrogens with zero attached hydrogens (tertiary/aromatic N) is 1. The molecule has 0 radical (unpaired) electrons. The van der Waals surface area contributed by atoms with E-state index < -0.39 is 10.0 Å². The molecule has 0 saturated carbocycles. The van der Waals surface area contributed by atoms with Crippen LogP contribution in [0.25, 0.3) is 0 Å². The van der Waals surface area contributed by atoms with E-state index >= 15 is 0 Å². The summed E-state index contributed by atoms with van der Waals surface area (Å²) >= 11 is 1.76. The third-order valence-corrected chi connectivity index (χ3v) is 6.61. The van der Waals surface area contributed by atoms with Crippen LogP contribution < -0.4 is 5.32 Å². The molecule has 7 heteroatoms. The predicted molar refractivity (Wildman–Crippen MR) is 96.9 cm³/mol. The SMILES string of the molecule is O=C(Nc1ccc(S(=O)(=O)N2CCSCC2)cc1)c1ccccc1. The first-order valence-corrected chi connectivity index (χ1v) is 10.2. The summed E-state index contributed by atoms with van der Waals surface area (Å²) in [6.45, 7) is 1.08. The van der Waals surface area contributed by atoms with Crippen LogP contribution in [0.2, 0.25) is 0 Å². The van der Waals surface area contributed by atoms with Crippen molar-refractivity contribution in [3.63, 3.8) is 0 Å². The van der Waals surface area contributed by atoms with Gasteiger partial charge in [0.05, 0.1) is 4.90 Å². The van der Waals surface area contributed by atoms with Crippen molar-refractivity contribution in [3.05, 3.63) is 60.2 Å². The quantitative estimate of drug-likeness (QED) is 0.908. The van der Waals surface area contributed by atoms with E-state index in [1.54, 1.807) is 48.2 Å². The standard InChI is InChI=1S/C17H18N2O3S2/c20-17(14-4-2-1-3-5-14)18-15-6-8-16(9-7-15)24(21,22)19-10-12-23-13-11-19/h1-9H,10-13H2,(H,18,20). The van der Waals surface area contributed by atoms with Gasteiger partial charge in [-0.15, -0.1) is 0 Å². The maximum Gasteiger partial charge on any atom is 0.255 e. The van der Waals surface area contributed by atoms with Gasteiger partial charge in [-0.05, 0) is 36.4 Å². The van der Waals surface area contributed by atoms with E-state index in [4.69, 9.17) is 0 Å². The molecule has 2 aromatic carbocycles. The molecule has 1 N–H and O–H groups in total. The van der Waals surface area contributed by atoms with Crippen molar-refractivity contribution in [1.29, 1.82) is 0 Å². The molecule has 0 bridgehead atoms. The van der Waals surface area contributed by atoms with Gasteiger partial charge >= 0.3 is 0 Å². The molecule has 0 atom stereocenters. The molecular formula is C17H18N2O3S2. The maximum absolute atomic E-state index is 12.6. The molecule has 0 aromatic heterocycles. The molecule has 0 unspecified atom stereocenters. The largest absolute Gasteiger partial charge is 0.322 e. The second-order valence-corrected chi connectivity index (χ2v) is 8.52. The summed E-state index contributed by atoms with van der Waals surface area (Å²) in [7, 11) is -3.45. The fourth-order valence-corrected chi connectivity index (χ4v) is 5.01. The molecule has 1 aliphatic heterocycles. The zero-order valence-electron chi connectivity index (χ0n) is 13.0. The van der Waals surface area contributed by atoms with Crippen LogP contribution in [-0.2, 0) is 10.0 Å². The average Bonchev–Trinajstić information content (AvgIpc) is 2.63. The zero-order chi connectivity index (χ0) is 17.0. The van der Waals surface area contributed by atoms with Gasteiger partial charge in [0, 0.05) is 35.8 Å². The highest BCUT2D eigenvalue weighted by molar-refractivity contribution is 7.99. The van der Waals surface area contributed by atoms with Crippen LogP contribution in [0.4, 0.5) is 5.69 Å². The summed E-state index contributed by atoms with van der Waals surface area (Å²) in [4.78, 5) is 12.4. The monoisotopic (exact) mass is 362 g/mol. The van der Waals surface area contributed by atoms with Crippen molar-refractivity contribution in [3.8, 4) is 0 Å². The third-order valence-electron chi connectivity index (χ3n) is 3.76. The number of benzene rings is 2. The van der Waals surface area contributed by atoms with E-state index in [1.165, 1.54) is 16.4 Å². The molecule has 1 fully saturated rings. The van der Waals surface area contributed by atoms with Gasteiger partial charge in [-0.3, -0.25) is 4.79 Å². The van der Waals surface area contributed by atoms with Crippen molar-refractivity contribution >= 4 is 33.4 Å². The van der Waals surface area contributed by atoms with E-state index in [1.807, 2.05) is 6.07 Å². The Morgan fingerprint density at radius 3 is 2.21 bits per heavy atom. The van der Waals surface area contributed by atoms with E-state index in [9.17, 15) is 13.2 Å². The van der Waals surface area contributed by atoms with Crippen molar-refractivity contribution in [2.75, 3.05) is 29.9 Å². The Morgan fingerprint density at radius 1 is 0.958 bits per heavy atom. The van der Waals surface area contributed by atoms with Gasteiger partial charge in [0.2, 0.25) is 10.0 Å². The second-order valence-electron chi connectivity index (χ2n) is 5.36. The topological polar surface area (TPSA) is 66.5 Å². The average molecular weight is 362 g/mol. The summed E-state index contributed by atoms with van der Waals surface area (Å²) in [5.41, 5.74) is 1.12. The lowest BCUT2D eigenvalue weighted by atomic mass is 10.2. The normalized spacial score (nSPS) is 15.8. The number of carbonyl (C=O) groups is 1. The number of anilines is 1. The number of amides is 1. The van der Waals surface area contributed by atoms with E-state index in [0.717, 1.165) is 11.5 Å². The van der Waals surface area contributed by atoms with Gasteiger partial charge in [0.1, 0.15) is 0 Å². The molecule has 126 valence electrons. The lowest BCUT2D eigenvalue weighted by molar-refractivity contribution is 0.102. The van der Waals surface area contributed by atoms with E-state index in [0.29, 0.717) is 24.3 Å². The van der Waals surface area contributed by atoms with Gasteiger partial charge in [0.15, 0.2) is 0 Å². The fraction of sp³-hybridized carbons (Fsp3) is 0.235. The summed E-state index contributed by atoms with van der Waals surface area (Å²) < 4.78 is 26.7. The first-order chi connectivity index (χ1) is 11.6. The van der Waals surface area contributed by atoms with Crippen molar-refractivity contribution < 1.29 is 13.2 Å². The summed E-state index contributed by atoms with van der Waals surface area (Å²) in [5.74, 6) is 1.42. The van der Waals surface area contributed by atoms with Crippen LogP contribution in [0.15, 0.2) is 59.5 Å². The van der Waals surface area contributed by atoms with E-state index in [-0.39, 0.29) is 10.8 Å². The maximum atomic E-state index is 12.6. The van der Waals surface area contributed by atoms with E-state index in [2.05, 4.69) is 5.32 Å². The van der Waals surface area contributed by atoms with Gasteiger partial charge in [-0.25, -0.2) is 8.42 Å². The minimum absolute atomic E-state index is 0.223. The summed E-state index contributed by atoms with van der Waals surface area (Å²) in [6, 6.07) is 15.2. The molecule has 5 nitrogen and oxygen atoms in total. The summed E-state index contributed by atoms with van der Waals surface area (Å²) in [5, 5.41) is 2.77. The highest BCUT2D eigenvalue weighted by atomic mass is 32.2. The summed E-state index contributed by atoms with van der Waals surface area (Å²) in [6.07, 6.45) is 0. The first kappa shape index (κ1) is 17.0. The number of rotatable bonds is 4. The van der Waals surface area contributed by atoms with Crippen LogP contribution in [0, 0.1) is 0 Å². The molecule has 0 spiro atoms. The Labute approximate surface area is 146 Å². The Balaban J connectivity index is 1.72. The van der Waals surface area contributed by atoms with Gasteiger partial charge in [-0.1, -0.05) is 18.2 Å². The lowest BCUT2D eigenvalue weighted by Crippen LogP contribution is -2.37. The van der Waals surface area contributed by atoms with Crippen molar-refractivity contribution in [2.45, 2.75) is 4.90 Å². The predicted octanol–water partition coefficient (Wildman–Crippen LogP) is 2.68. The van der Waals surface area contributed by atoms with Gasteiger partial charge in [0.25, 0.3) is 5.91 Å². The lowest BCUT2D eigenvalue weighted by Gasteiger charge is -2.25. The van der Waals surface area contributed by atoms with Crippen LogP contribution in [0.3, 0.4) is 0 Å². The molecule has 1 amide bonds. The first-order valence-electron chi connectivity index (χ1n) is 7.62. The number of nitrogens with one attached hydrogen (secondary N) is 1. The highest BCUT2D eigenvalue weighted by Crippen LogP contribution is 2.21. The molecule has 1 saturated heterocycles. The minimum atomic E-state index is -3.45. The van der Waals surface area contributed by atoms with Crippen LogP contribution in [0.5, 0.6) is 0 Å². The second kappa shape index (κ2) is 7.38. The highest BCUT2D eigenvalue weighted by Gasteiger charge is 2.25. The Morgan fingerprint density at radius 2 is 1.58 bits per heavy atom. The molecule has 2 aromatic rings. The Kier molecular flexibility index (Phi) is 5.23. The third kappa shape index (κ3) is 3.80. The Hall–Kier alpha value is -1.83. The molecule has 1 heterocycles. The number of hydrogen-bond donors (Lipinski definition) is 1. The van der Waals surface area contributed by atoms with Crippen LogP contribution in [-0.4, -0.2) is 43.2 Å². The minimum Gasteiger partial charge on any atom is -0.322 e. The molecular weight excluding hydrogens is 344 g/mol. The van der Waals surface area contributed by atoms with Crippen molar-refractivity contribution in [2.24, 2.45) is 0 Å². The Bertz CT molecular complexity index is 799. The van der Waals surface area contributed by atoms with Crippen LogP contribution >= 0.6 is 11.8 Å².